The Hall–Kier alpha value is -0.890. The van der Waals surface area contributed by atoms with E-state index in [0.29, 0.717) is 5.37 Å². The molecule has 0 aromatic rings. The third-order valence-corrected chi connectivity index (χ3v) is 4.04. The Morgan fingerprint density at radius 2 is 2.18 bits per heavy atom. The van der Waals surface area contributed by atoms with Gasteiger partial charge in [0.15, 0.2) is 0 Å². The molecule has 0 aromatic carbocycles. The van der Waals surface area contributed by atoms with Gasteiger partial charge in [0.2, 0.25) is 0 Å². The first-order chi connectivity index (χ1) is 8.06. The topological polar surface area (TPSA) is 3.24 Å². The van der Waals surface area contributed by atoms with Gasteiger partial charge in [0.1, 0.15) is 5.37 Å². The molecule has 0 spiro atoms. The molecule has 0 fully saturated rings. The zero-order valence-corrected chi connectivity index (χ0v) is 12.3. The maximum Gasteiger partial charge on any atom is 0.104 e. The van der Waals surface area contributed by atoms with Crippen LogP contribution in [-0.2, 0) is 0 Å². The summed E-state index contributed by atoms with van der Waals surface area (Å²) in [5.41, 5.74) is 4.07. The smallest absolute Gasteiger partial charge is 0.104 e. The Labute approximate surface area is 110 Å². The zero-order chi connectivity index (χ0) is 12.8. The molecule has 0 amide bonds. The summed E-state index contributed by atoms with van der Waals surface area (Å²) >= 11 is 1.89. The molecule has 0 saturated carbocycles. The molecule has 1 rings (SSSR count). The summed E-state index contributed by atoms with van der Waals surface area (Å²) in [6, 6.07) is 0. The van der Waals surface area contributed by atoms with Crippen LogP contribution in [0.25, 0.3) is 0 Å². The summed E-state index contributed by atoms with van der Waals surface area (Å²) in [4.78, 5) is 2.33. The predicted molar refractivity (Wildman–Crippen MR) is 79.8 cm³/mol. The maximum absolute atomic E-state index is 2.33. The van der Waals surface area contributed by atoms with E-state index in [1.807, 2.05) is 11.8 Å². The third kappa shape index (κ3) is 4.12. The lowest BCUT2D eigenvalue weighted by Crippen LogP contribution is -2.24. The largest absolute Gasteiger partial charge is 0.361 e. The predicted octanol–water partition coefficient (Wildman–Crippen LogP) is 4.71. The van der Waals surface area contributed by atoms with E-state index in [9.17, 15) is 0 Å². The third-order valence-electron chi connectivity index (χ3n) is 2.72. The summed E-state index contributed by atoms with van der Waals surface area (Å²) in [7, 11) is 2.16. The lowest BCUT2D eigenvalue weighted by Gasteiger charge is -2.24. The molecule has 1 aliphatic rings. The van der Waals surface area contributed by atoms with E-state index < -0.39 is 0 Å². The van der Waals surface area contributed by atoms with E-state index in [1.165, 1.54) is 16.8 Å². The monoisotopic (exact) mass is 249 g/mol. The van der Waals surface area contributed by atoms with Crippen LogP contribution in [-0.4, -0.2) is 17.3 Å². The van der Waals surface area contributed by atoms with Crippen LogP contribution in [0.15, 0.2) is 46.6 Å². The fourth-order valence-corrected chi connectivity index (χ4v) is 2.84. The minimum atomic E-state index is 0.441. The second-order valence-corrected chi connectivity index (χ2v) is 5.53. The van der Waals surface area contributed by atoms with Gasteiger partial charge in [-0.25, -0.2) is 0 Å². The number of rotatable bonds is 4. The Balaban J connectivity index is 2.79. The molecule has 0 N–H and O–H groups in total. The summed E-state index contributed by atoms with van der Waals surface area (Å²) in [6.45, 7) is 8.59. The maximum atomic E-state index is 2.33. The van der Waals surface area contributed by atoms with Gasteiger partial charge in [0.25, 0.3) is 0 Å². The average molecular weight is 249 g/mol. The van der Waals surface area contributed by atoms with Crippen molar-refractivity contribution in [3.8, 4) is 0 Å². The molecule has 0 aliphatic carbocycles. The second kappa shape index (κ2) is 6.75. The van der Waals surface area contributed by atoms with Crippen molar-refractivity contribution in [2.24, 2.45) is 0 Å². The number of thioether (sulfide) groups is 1. The van der Waals surface area contributed by atoms with Gasteiger partial charge in [-0.2, -0.15) is 0 Å². The van der Waals surface area contributed by atoms with Crippen LogP contribution < -0.4 is 0 Å². The van der Waals surface area contributed by atoms with Crippen LogP contribution in [0, 0.1) is 0 Å². The van der Waals surface area contributed by atoms with Crippen LogP contribution in [0.2, 0.25) is 0 Å². The van der Waals surface area contributed by atoms with E-state index in [1.54, 1.807) is 0 Å². The van der Waals surface area contributed by atoms with Crippen LogP contribution in [0.1, 0.15) is 34.1 Å². The molecule has 0 radical (unpaired) electrons. The number of hydrogen-bond acceptors (Lipinski definition) is 2. The quantitative estimate of drug-likeness (QED) is 0.664. The van der Waals surface area contributed by atoms with Gasteiger partial charge in [0.05, 0.1) is 0 Å². The van der Waals surface area contributed by atoms with Crippen molar-refractivity contribution in [2.75, 3.05) is 7.05 Å². The SMILES string of the molecule is CC/C=C(\C=C/C=C(C)C)C1SC=C(C)N1C. The minimum absolute atomic E-state index is 0.441. The van der Waals surface area contributed by atoms with Crippen molar-refractivity contribution < 1.29 is 0 Å². The lowest BCUT2D eigenvalue weighted by atomic mass is 10.1. The van der Waals surface area contributed by atoms with Gasteiger partial charge in [-0.05, 0) is 38.2 Å². The number of hydrogen-bond donors (Lipinski definition) is 0. The molecule has 94 valence electrons. The van der Waals surface area contributed by atoms with Crippen molar-refractivity contribution in [1.82, 2.24) is 4.90 Å². The lowest BCUT2D eigenvalue weighted by molar-refractivity contribution is 0.439. The summed E-state index contributed by atoms with van der Waals surface area (Å²) in [5.74, 6) is 0. The van der Waals surface area contributed by atoms with Gasteiger partial charge < -0.3 is 4.90 Å². The molecular weight excluding hydrogens is 226 g/mol. The first-order valence-corrected chi connectivity index (χ1v) is 7.07. The molecule has 0 aromatic heterocycles. The van der Waals surface area contributed by atoms with Gasteiger partial charge >= 0.3 is 0 Å². The molecular formula is C15H23NS. The normalized spacial score (nSPS) is 21.0. The number of likely N-dealkylation sites (N-methyl/N-ethyl adjacent to an activating group) is 1. The Morgan fingerprint density at radius 3 is 2.65 bits per heavy atom. The average Bonchev–Trinajstić information content (AvgIpc) is 2.58. The summed E-state index contributed by atoms with van der Waals surface area (Å²) in [5, 5.41) is 2.68. The number of allylic oxidation sites excluding steroid dienone is 5. The highest BCUT2D eigenvalue weighted by Gasteiger charge is 2.22. The van der Waals surface area contributed by atoms with Crippen LogP contribution in [0.4, 0.5) is 0 Å². The molecule has 17 heavy (non-hydrogen) atoms. The van der Waals surface area contributed by atoms with Crippen molar-refractivity contribution in [3.05, 3.63) is 46.6 Å². The number of nitrogens with zero attached hydrogens (tertiary/aromatic N) is 1. The first-order valence-electron chi connectivity index (χ1n) is 6.13. The second-order valence-electron chi connectivity index (χ2n) is 4.57. The molecule has 1 atom stereocenters. The van der Waals surface area contributed by atoms with Gasteiger partial charge in [-0.15, -0.1) is 11.8 Å². The molecule has 1 nitrogen and oxygen atoms in total. The fraction of sp³-hybridized carbons (Fsp3) is 0.467. The van der Waals surface area contributed by atoms with Crippen molar-refractivity contribution >= 4 is 11.8 Å². The highest BCUT2D eigenvalue weighted by Crippen LogP contribution is 2.34. The summed E-state index contributed by atoms with van der Waals surface area (Å²) in [6.07, 6.45) is 9.94. The van der Waals surface area contributed by atoms with Gasteiger partial charge in [-0.3, -0.25) is 0 Å². The van der Waals surface area contributed by atoms with Gasteiger partial charge in [-0.1, -0.05) is 36.8 Å². The molecule has 0 bridgehead atoms. The highest BCUT2D eigenvalue weighted by atomic mass is 32.2. The molecule has 1 heterocycles. The van der Waals surface area contributed by atoms with Crippen LogP contribution >= 0.6 is 11.8 Å². The fourth-order valence-electron chi connectivity index (χ4n) is 1.66. The van der Waals surface area contributed by atoms with Crippen molar-refractivity contribution in [1.29, 1.82) is 0 Å². The van der Waals surface area contributed by atoms with Gasteiger partial charge in [0, 0.05) is 12.7 Å². The molecule has 1 aliphatic heterocycles. The van der Waals surface area contributed by atoms with E-state index in [-0.39, 0.29) is 0 Å². The van der Waals surface area contributed by atoms with Crippen LogP contribution in [0.3, 0.4) is 0 Å². The summed E-state index contributed by atoms with van der Waals surface area (Å²) < 4.78 is 0. The van der Waals surface area contributed by atoms with Crippen molar-refractivity contribution in [3.63, 3.8) is 0 Å². The zero-order valence-electron chi connectivity index (χ0n) is 11.5. The Morgan fingerprint density at radius 1 is 1.47 bits per heavy atom. The molecule has 0 saturated heterocycles. The van der Waals surface area contributed by atoms with E-state index in [4.69, 9.17) is 0 Å². The van der Waals surface area contributed by atoms with Crippen LogP contribution in [0.5, 0.6) is 0 Å². The van der Waals surface area contributed by atoms with E-state index in [0.717, 1.165) is 6.42 Å². The molecule has 1 unspecified atom stereocenters. The van der Waals surface area contributed by atoms with E-state index >= 15 is 0 Å². The molecule has 2 heteroatoms. The van der Waals surface area contributed by atoms with Crippen molar-refractivity contribution in [2.45, 2.75) is 39.5 Å². The Kier molecular flexibility index (Phi) is 5.63. The standard InChI is InChI=1S/C15H23NS/c1-6-8-14(10-7-9-12(2)3)15-16(5)13(4)11-17-15/h7-11,15H,6H2,1-5H3/b10-7-,14-8+. The highest BCUT2D eigenvalue weighted by molar-refractivity contribution is 8.03. The van der Waals surface area contributed by atoms with E-state index in [2.05, 4.69) is 69.4 Å². The Bertz CT molecular complexity index is 370. The first kappa shape index (κ1) is 14.2. The minimum Gasteiger partial charge on any atom is -0.361 e.